The first-order valence-electron chi connectivity index (χ1n) is 8.86. The molecule has 6 heteroatoms. The van der Waals surface area contributed by atoms with E-state index < -0.39 is 0 Å². The van der Waals surface area contributed by atoms with Crippen molar-refractivity contribution in [3.05, 3.63) is 29.8 Å². The molecule has 0 saturated carbocycles. The molecule has 6 nitrogen and oxygen atoms in total. The fourth-order valence-corrected chi connectivity index (χ4v) is 2.45. The highest BCUT2D eigenvalue weighted by molar-refractivity contribution is 5.79. The Hall–Kier alpha value is -1.79. The van der Waals surface area contributed by atoms with Crippen LogP contribution in [0.25, 0.3) is 0 Å². The van der Waals surface area contributed by atoms with Crippen molar-refractivity contribution in [2.24, 2.45) is 4.99 Å². The molecule has 142 valence electrons. The average Bonchev–Trinajstić information content (AvgIpc) is 2.64. The van der Waals surface area contributed by atoms with Crippen LogP contribution in [0.15, 0.2) is 29.3 Å². The molecule has 0 amide bonds. The van der Waals surface area contributed by atoms with E-state index in [9.17, 15) is 0 Å². The smallest absolute Gasteiger partial charge is 0.191 e. The third-order valence-corrected chi connectivity index (χ3v) is 4.24. The zero-order chi connectivity index (χ0) is 18.5. The van der Waals surface area contributed by atoms with Gasteiger partial charge in [-0.2, -0.15) is 0 Å². The number of methoxy groups -OCH3 is 2. The van der Waals surface area contributed by atoms with Crippen molar-refractivity contribution in [1.82, 2.24) is 15.5 Å². The lowest BCUT2D eigenvalue weighted by Crippen LogP contribution is -2.41. The number of nitrogens with one attached hydrogen (secondary N) is 2. The number of aliphatic imine (C=N–C) groups is 1. The molecule has 2 N–H and O–H groups in total. The van der Waals surface area contributed by atoms with Crippen molar-refractivity contribution in [2.45, 2.75) is 19.3 Å². The Morgan fingerprint density at radius 1 is 1.12 bits per heavy atom. The van der Waals surface area contributed by atoms with Gasteiger partial charge in [0, 0.05) is 40.3 Å². The lowest BCUT2D eigenvalue weighted by molar-refractivity contribution is 0.162. The van der Waals surface area contributed by atoms with Gasteiger partial charge in [0.15, 0.2) is 5.96 Å². The number of hydrogen-bond donors (Lipinski definition) is 2. The second-order valence-electron chi connectivity index (χ2n) is 6.18. The summed E-state index contributed by atoms with van der Waals surface area (Å²) in [4.78, 5) is 6.51. The molecule has 0 bridgehead atoms. The van der Waals surface area contributed by atoms with E-state index in [4.69, 9.17) is 9.47 Å². The minimum atomic E-state index is 0.483. The lowest BCUT2D eigenvalue weighted by atomic mass is 9.98. The molecular formula is C19H34N4O2. The molecule has 0 aliphatic carbocycles. The molecule has 1 rings (SSSR count). The second-order valence-corrected chi connectivity index (χ2v) is 6.18. The van der Waals surface area contributed by atoms with E-state index in [1.54, 1.807) is 21.3 Å². The van der Waals surface area contributed by atoms with Gasteiger partial charge in [-0.15, -0.1) is 0 Å². The first-order valence-corrected chi connectivity index (χ1v) is 8.86. The highest BCUT2D eigenvalue weighted by atomic mass is 16.5. The first kappa shape index (κ1) is 21.3. The zero-order valence-corrected chi connectivity index (χ0v) is 16.3. The molecule has 0 spiro atoms. The van der Waals surface area contributed by atoms with Crippen molar-refractivity contribution in [1.29, 1.82) is 0 Å². The lowest BCUT2D eigenvalue weighted by Gasteiger charge is -2.18. The summed E-state index contributed by atoms with van der Waals surface area (Å²) in [6, 6.07) is 8.29. The van der Waals surface area contributed by atoms with E-state index in [1.807, 2.05) is 12.1 Å². The van der Waals surface area contributed by atoms with E-state index in [0.29, 0.717) is 5.92 Å². The maximum Gasteiger partial charge on any atom is 0.191 e. The molecule has 0 aliphatic rings. The van der Waals surface area contributed by atoms with Gasteiger partial charge in [-0.3, -0.25) is 4.99 Å². The van der Waals surface area contributed by atoms with Crippen LogP contribution in [-0.2, 0) is 4.74 Å². The molecule has 1 aromatic carbocycles. The van der Waals surface area contributed by atoms with Gasteiger partial charge in [-0.1, -0.05) is 19.1 Å². The van der Waals surface area contributed by atoms with E-state index in [0.717, 1.165) is 50.9 Å². The van der Waals surface area contributed by atoms with Gasteiger partial charge in [0.25, 0.3) is 0 Å². The van der Waals surface area contributed by atoms with Crippen LogP contribution in [-0.4, -0.2) is 72.0 Å². The van der Waals surface area contributed by atoms with Gasteiger partial charge in [0.2, 0.25) is 0 Å². The molecule has 25 heavy (non-hydrogen) atoms. The number of likely N-dealkylation sites (N-methyl/N-ethyl adjacent to an activating group) is 1. The topological polar surface area (TPSA) is 58.1 Å². The summed E-state index contributed by atoms with van der Waals surface area (Å²) in [6.07, 6.45) is 1.04. The normalized spacial score (nSPS) is 13.0. The maximum absolute atomic E-state index is 5.21. The predicted molar refractivity (Wildman–Crippen MR) is 105 cm³/mol. The number of hydrogen-bond acceptors (Lipinski definition) is 4. The van der Waals surface area contributed by atoms with Gasteiger partial charge in [-0.25, -0.2) is 0 Å². The number of nitrogens with zero attached hydrogens (tertiary/aromatic N) is 2. The number of guanidine groups is 1. The minimum Gasteiger partial charge on any atom is -0.497 e. The fraction of sp³-hybridized carbons (Fsp3) is 0.632. The molecule has 0 saturated heterocycles. The van der Waals surface area contributed by atoms with Crippen LogP contribution in [0.1, 0.15) is 24.8 Å². The zero-order valence-electron chi connectivity index (χ0n) is 16.3. The highest BCUT2D eigenvalue weighted by Gasteiger charge is 2.06. The van der Waals surface area contributed by atoms with Crippen LogP contribution >= 0.6 is 0 Å². The summed E-state index contributed by atoms with van der Waals surface area (Å²) < 4.78 is 10.3. The highest BCUT2D eigenvalue weighted by Crippen LogP contribution is 2.21. The Morgan fingerprint density at radius 2 is 1.80 bits per heavy atom. The van der Waals surface area contributed by atoms with Crippen molar-refractivity contribution in [3.8, 4) is 5.75 Å². The molecule has 0 radical (unpaired) electrons. The Kier molecular flexibility index (Phi) is 10.7. The van der Waals surface area contributed by atoms with Crippen molar-refractivity contribution in [3.63, 3.8) is 0 Å². The van der Waals surface area contributed by atoms with Crippen LogP contribution in [0, 0.1) is 0 Å². The van der Waals surface area contributed by atoms with Crippen molar-refractivity contribution >= 4 is 5.96 Å². The quantitative estimate of drug-likeness (QED) is 0.472. The summed E-state index contributed by atoms with van der Waals surface area (Å²) in [6.45, 7) is 6.62. The monoisotopic (exact) mass is 350 g/mol. The third-order valence-electron chi connectivity index (χ3n) is 4.24. The van der Waals surface area contributed by atoms with Crippen LogP contribution in [0.4, 0.5) is 0 Å². The van der Waals surface area contributed by atoms with Gasteiger partial charge in [-0.05, 0) is 37.1 Å². The largest absolute Gasteiger partial charge is 0.497 e. The summed E-state index contributed by atoms with van der Waals surface area (Å²) in [5.74, 6) is 2.23. The standard InChI is InChI=1S/C19H34N4O2/c1-16(17-6-8-18(25-5)9-7-17)10-11-21-19(20-2)22-12-13-23(3)14-15-24-4/h6-9,16H,10-15H2,1-5H3,(H2,20,21,22). The second kappa shape index (κ2) is 12.6. The van der Waals surface area contributed by atoms with Gasteiger partial charge < -0.3 is 25.0 Å². The molecule has 0 aliphatic heterocycles. The molecule has 0 aromatic heterocycles. The number of rotatable bonds is 11. The Morgan fingerprint density at radius 3 is 2.40 bits per heavy atom. The number of ether oxygens (including phenoxy) is 2. The van der Waals surface area contributed by atoms with Gasteiger partial charge >= 0.3 is 0 Å². The molecular weight excluding hydrogens is 316 g/mol. The maximum atomic E-state index is 5.21. The van der Waals surface area contributed by atoms with Crippen LogP contribution in [0.3, 0.4) is 0 Å². The predicted octanol–water partition coefficient (Wildman–Crippen LogP) is 1.93. The van der Waals surface area contributed by atoms with Crippen LogP contribution < -0.4 is 15.4 Å². The van der Waals surface area contributed by atoms with E-state index in [-0.39, 0.29) is 0 Å². The van der Waals surface area contributed by atoms with E-state index in [1.165, 1.54) is 5.56 Å². The van der Waals surface area contributed by atoms with E-state index in [2.05, 4.69) is 46.6 Å². The van der Waals surface area contributed by atoms with Crippen molar-refractivity contribution in [2.75, 3.05) is 61.1 Å². The number of benzene rings is 1. The van der Waals surface area contributed by atoms with Crippen LogP contribution in [0.5, 0.6) is 5.75 Å². The Bertz CT molecular complexity index is 491. The molecule has 1 unspecified atom stereocenters. The summed E-state index contributed by atoms with van der Waals surface area (Å²) in [7, 11) is 7.31. The Balaban J connectivity index is 2.25. The summed E-state index contributed by atoms with van der Waals surface area (Å²) in [5, 5.41) is 6.73. The molecule has 0 heterocycles. The minimum absolute atomic E-state index is 0.483. The first-order chi connectivity index (χ1) is 12.1. The summed E-state index contributed by atoms with van der Waals surface area (Å²) >= 11 is 0. The summed E-state index contributed by atoms with van der Waals surface area (Å²) in [5.41, 5.74) is 1.32. The Labute approximate surface area is 152 Å². The van der Waals surface area contributed by atoms with Crippen LogP contribution in [0.2, 0.25) is 0 Å². The molecule has 1 atom stereocenters. The van der Waals surface area contributed by atoms with Crippen molar-refractivity contribution < 1.29 is 9.47 Å². The van der Waals surface area contributed by atoms with Gasteiger partial charge in [0.05, 0.1) is 13.7 Å². The molecule has 0 fully saturated rings. The van der Waals surface area contributed by atoms with Gasteiger partial charge in [0.1, 0.15) is 5.75 Å². The third kappa shape index (κ3) is 8.74. The van der Waals surface area contributed by atoms with E-state index >= 15 is 0 Å². The average molecular weight is 351 g/mol. The molecule has 1 aromatic rings. The SMILES string of the molecule is CN=C(NCCC(C)c1ccc(OC)cc1)NCCN(C)CCOC. The fourth-order valence-electron chi connectivity index (χ4n) is 2.45.